The van der Waals surface area contributed by atoms with Gasteiger partial charge in [0.05, 0.1) is 6.54 Å². The largest absolute Gasteiger partial charge is 0.488 e. The van der Waals surface area contributed by atoms with Crippen molar-refractivity contribution in [2.45, 2.75) is 38.6 Å². The molecule has 1 aromatic heterocycles. The Balaban J connectivity index is 1.45. The minimum absolute atomic E-state index is 0.207. The van der Waals surface area contributed by atoms with E-state index in [4.69, 9.17) is 9.47 Å². The molecule has 2 aromatic rings. The van der Waals surface area contributed by atoms with Crippen LogP contribution < -0.4 is 14.8 Å². The summed E-state index contributed by atoms with van der Waals surface area (Å²) in [6, 6.07) is 6.49. The van der Waals surface area contributed by atoms with Crippen LogP contribution in [0.2, 0.25) is 0 Å². The molecule has 0 atom stereocenters. The Morgan fingerprint density at radius 2 is 2.15 bits per heavy atom. The average molecular weight is 383 g/mol. The molecule has 0 saturated carbocycles. The molecule has 1 aliphatic rings. The van der Waals surface area contributed by atoms with E-state index in [-0.39, 0.29) is 25.3 Å². The van der Waals surface area contributed by atoms with Crippen molar-refractivity contribution in [1.29, 1.82) is 0 Å². The predicted octanol–water partition coefficient (Wildman–Crippen LogP) is 2.81. The van der Waals surface area contributed by atoms with E-state index in [1.165, 1.54) is 0 Å². The fourth-order valence-electron chi connectivity index (χ4n) is 2.86. The summed E-state index contributed by atoms with van der Waals surface area (Å²) in [5.41, 5.74) is -0.241. The number of para-hydroxylation sites is 1. The van der Waals surface area contributed by atoms with Gasteiger partial charge in [-0.05, 0) is 26.0 Å². The van der Waals surface area contributed by atoms with Gasteiger partial charge in [0.1, 0.15) is 18.8 Å². The minimum atomic E-state index is -4.53. The zero-order valence-electron chi connectivity index (χ0n) is 15.0. The Kier molecular flexibility index (Phi) is 5.03. The van der Waals surface area contributed by atoms with Crippen molar-refractivity contribution < 1.29 is 27.4 Å². The molecule has 1 N–H and O–H groups in total. The van der Waals surface area contributed by atoms with Crippen molar-refractivity contribution in [3.05, 3.63) is 41.7 Å². The van der Waals surface area contributed by atoms with Crippen molar-refractivity contribution in [1.82, 2.24) is 15.1 Å². The highest BCUT2D eigenvalue weighted by Crippen LogP contribution is 2.41. The topological polar surface area (TPSA) is 65.4 Å². The highest BCUT2D eigenvalue weighted by molar-refractivity contribution is 5.75. The third kappa shape index (κ3) is 4.72. The second-order valence-corrected chi connectivity index (χ2v) is 6.88. The van der Waals surface area contributed by atoms with E-state index in [2.05, 4.69) is 10.4 Å². The van der Waals surface area contributed by atoms with Gasteiger partial charge in [-0.15, -0.1) is 0 Å². The van der Waals surface area contributed by atoms with Crippen molar-refractivity contribution in [2.75, 3.05) is 13.2 Å². The molecule has 0 unspecified atom stereocenters. The highest BCUT2D eigenvalue weighted by atomic mass is 19.4. The van der Waals surface area contributed by atoms with Crippen LogP contribution in [-0.2, 0) is 23.9 Å². The lowest BCUT2D eigenvalue weighted by Gasteiger charge is -2.18. The minimum Gasteiger partial charge on any atom is -0.488 e. The van der Waals surface area contributed by atoms with Crippen LogP contribution in [0, 0.1) is 0 Å². The average Bonchev–Trinajstić information content (AvgIpc) is 3.14. The molecule has 9 heteroatoms. The van der Waals surface area contributed by atoms with Crippen molar-refractivity contribution in [2.24, 2.45) is 0 Å². The van der Waals surface area contributed by atoms with Crippen LogP contribution in [-0.4, -0.2) is 34.4 Å². The molecule has 0 saturated heterocycles. The van der Waals surface area contributed by atoms with Crippen molar-refractivity contribution in [3.8, 4) is 11.5 Å². The monoisotopic (exact) mass is 383 g/mol. The molecular weight excluding hydrogens is 363 g/mol. The van der Waals surface area contributed by atoms with E-state index in [0.29, 0.717) is 11.5 Å². The maximum absolute atomic E-state index is 12.5. The molecule has 6 nitrogen and oxygen atoms in total. The van der Waals surface area contributed by atoms with Gasteiger partial charge >= 0.3 is 6.18 Å². The van der Waals surface area contributed by atoms with Gasteiger partial charge in [0.2, 0.25) is 5.91 Å². The lowest BCUT2D eigenvalue weighted by molar-refractivity contribution is -0.141. The fraction of sp³-hybridized carbons (Fsp3) is 0.444. The molecular formula is C18H20F3N3O3. The number of hydrogen-bond donors (Lipinski definition) is 1. The number of amides is 1. The van der Waals surface area contributed by atoms with Gasteiger partial charge in [-0.2, -0.15) is 18.3 Å². The molecule has 0 spiro atoms. The number of nitrogens with one attached hydrogen (secondary N) is 1. The van der Waals surface area contributed by atoms with Gasteiger partial charge in [0, 0.05) is 18.2 Å². The maximum Gasteiger partial charge on any atom is 0.435 e. The SMILES string of the molecule is CC1(C)Cc2cccc(OCCNC(=O)Cn3ccc(C(F)(F)F)n3)c2O1. The molecule has 0 bridgehead atoms. The third-order valence-corrected chi connectivity index (χ3v) is 3.97. The first-order valence-electron chi connectivity index (χ1n) is 8.45. The molecule has 0 fully saturated rings. The van der Waals surface area contributed by atoms with E-state index in [1.54, 1.807) is 6.07 Å². The molecule has 27 heavy (non-hydrogen) atoms. The summed E-state index contributed by atoms with van der Waals surface area (Å²) >= 11 is 0. The first-order valence-corrected chi connectivity index (χ1v) is 8.45. The lowest BCUT2D eigenvalue weighted by Crippen LogP contribution is -2.31. The Morgan fingerprint density at radius 3 is 2.85 bits per heavy atom. The molecule has 1 aliphatic heterocycles. The van der Waals surface area contributed by atoms with Crippen LogP contribution in [0.25, 0.3) is 0 Å². The highest BCUT2D eigenvalue weighted by Gasteiger charge is 2.34. The number of aromatic nitrogens is 2. The summed E-state index contributed by atoms with van der Waals surface area (Å²) in [7, 11) is 0. The van der Waals surface area contributed by atoms with Crippen LogP contribution in [0.15, 0.2) is 30.5 Å². The quantitative estimate of drug-likeness (QED) is 0.779. The summed E-state index contributed by atoms with van der Waals surface area (Å²) in [6.45, 7) is 4.11. The Morgan fingerprint density at radius 1 is 1.37 bits per heavy atom. The van der Waals surface area contributed by atoms with Crippen molar-refractivity contribution in [3.63, 3.8) is 0 Å². The number of carbonyl (C=O) groups is 1. The second kappa shape index (κ2) is 7.13. The lowest BCUT2D eigenvalue weighted by atomic mass is 10.0. The number of ether oxygens (including phenoxy) is 2. The molecule has 1 aromatic carbocycles. The van der Waals surface area contributed by atoms with E-state index < -0.39 is 17.8 Å². The number of rotatable bonds is 6. The zero-order valence-corrected chi connectivity index (χ0v) is 15.0. The van der Waals surface area contributed by atoms with E-state index >= 15 is 0 Å². The number of fused-ring (bicyclic) bond motifs is 1. The first-order chi connectivity index (χ1) is 12.6. The number of hydrogen-bond acceptors (Lipinski definition) is 4. The molecule has 0 aliphatic carbocycles. The summed E-state index contributed by atoms with van der Waals surface area (Å²) in [4.78, 5) is 11.8. The van der Waals surface area contributed by atoms with Crippen LogP contribution in [0.4, 0.5) is 13.2 Å². The van der Waals surface area contributed by atoms with Gasteiger partial charge in [0.15, 0.2) is 17.2 Å². The number of nitrogens with zero attached hydrogens (tertiary/aromatic N) is 2. The second-order valence-electron chi connectivity index (χ2n) is 6.88. The van der Waals surface area contributed by atoms with E-state index in [9.17, 15) is 18.0 Å². The third-order valence-electron chi connectivity index (χ3n) is 3.97. The molecule has 3 rings (SSSR count). The van der Waals surface area contributed by atoms with Crippen LogP contribution in [0.1, 0.15) is 25.1 Å². The number of benzene rings is 1. The Labute approximate surface area is 154 Å². The van der Waals surface area contributed by atoms with Gasteiger partial charge in [-0.1, -0.05) is 12.1 Å². The predicted molar refractivity (Wildman–Crippen MR) is 90.6 cm³/mol. The Hall–Kier alpha value is -2.71. The van der Waals surface area contributed by atoms with Crippen molar-refractivity contribution >= 4 is 5.91 Å². The van der Waals surface area contributed by atoms with Gasteiger partial charge in [-0.3, -0.25) is 9.48 Å². The number of alkyl halides is 3. The zero-order chi connectivity index (χ0) is 19.7. The van der Waals surface area contributed by atoms with Crippen LogP contribution in [0.3, 0.4) is 0 Å². The summed E-state index contributed by atoms with van der Waals surface area (Å²) < 4.78 is 50.0. The van der Waals surface area contributed by atoms with E-state index in [1.807, 2.05) is 26.0 Å². The van der Waals surface area contributed by atoms with Gasteiger partial charge < -0.3 is 14.8 Å². The molecule has 2 heterocycles. The summed E-state index contributed by atoms with van der Waals surface area (Å²) in [5, 5.41) is 5.92. The standard InChI is InChI=1S/C18H20F3N3O3/c1-17(2)10-12-4-3-5-13(16(12)27-17)26-9-7-22-15(25)11-24-8-6-14(23-24)18(19,20)21/h3-6,8H,7,9-11H2,1-2H3,(H,22,25). The first kappa shape index (κ1) is 19.1. The van der Waals surface area contributed by atoms with Crippen LogP contribution >= 0.6 is 0 Å². The summed E-state index contributed by atoms with van der Waals surface area (Å²) in [6.07, 6.45) is -2.62. The molecule has 0 radical (unpaired) electrons. The maximum atomic E-state index is 12.5. The number of carbonyl (C=O) groups excluding carboxylic acids is 1. The van der Waals surface area contributed by atoms with Gasteiger partial charge in [0.25, 0.3) is 0 Å². The van der Waals surface area contributed by atoms with Gasteiger partial charge in [-0.25, -0.2) is 0 Å². The van der Waals surface area contributed by atoms with E-state index in [0.717, 1.165) is 28.9 Å². The smallest absolute Gasteiger partial charge is 0.435 e. The Bertz CT molecular complexity index is 831. The fourth-order valence-corrected chi connectivity index (χ4v) is 2.86. The van der Waals surface area contributed by atoms with Crippen LogP contribution in [0.5, 0.6) is 11.5 Å². The summed E-state index contributed by atoms with van der Waals surface area (Å²) in [5.74, 6) is 0.866. The molecule has 146 valence electrons. The number of halogens is 3. The molecule has 1 amide bonds. The normalized spacial score (nSPS) is 15.1.